The molecule has 7 fully saturated rings. The van der Waals surface area contributed by atoms with Crippen molar-refractivity contribution in [1.82, 2.24) is 0 Å². The maximum Gasteiger partial charge on any atom is 0.330 e. The van der Waals surface area contributed by atoms with E-state index in [0.29, 0.717) is 44.9 Å². The van der Waals surface area contributed by atoms with E-state index in [4.69, 9.17) is 42.6 Å². The number of rotatable bonds is 14. The first-order valence-electron chi connectivity index (χ1n) is 23.2. The number of hydrogen-bond acceptors (Lipinski definition) is 22. The fourth-order valence-corrected chi connectivity index (χ4v) is 10.8. The molecule has 23 heteroatoms. The Morgan fingerprint density at radius 3 is 1.83 bits per heavy atom. The molecule has 4 heterocycles. The minimum Gasteiger partial charge on any atom is -0.460 e. The largest absolute Gasteiger partial charge is 0.460 e. The van der Waals surface area contributed by atoms with Crippen LogP contribution in [-0.4, -0.2) is 245 Å². The summed E-state index contributed by atoms with van der Waals surface area (Å²) in [7, 11) is 1.49. The van der Waals surface area contributed by atoms with Gasteiger partial charge in [0.05, 0.1) is 49.7 Å². The molecule has 3 saturated carbocycles. The molecule has 0 spiro atoms. The van der Waals surface area contributed by atoms with Crippen molar-refractivity contribution >= 4 is 5.97 Å². The number of aliphatic hydroxyl groups is 15. The zero-order valence-corrected chi connectivity index (χ0v) is 36.8. The Labute approximate surface area is 381 Å². The first kappa shape index (κ1) is 52.2. The van der Waals surface area contributed by atoms with E-state index >= 15 is 0 Å². The molecule has 24 atom stereocenters. The van der Waals surface area contributed by atoms with Crippen LogP contribution in [0.25, 0.3) is 0 Å². The summed E-state index contributed by atoms with van der Waals surface area (Å²) in [6, 6.07) is 0. The molecule has 24 unspecified atom stereocenters. The molecular formula is C43H71O23+. The van der Waals surface area contributed by atoms with Crippen LogP contribution >= 0.6 is 0 Å². The number of carbonyl (C=O) groups excluding carboxylic acids is 1. The molecular weight excluding hydrogens is 884 g/mol. The highest BCUT2D eigenvalue weighted by Crippen LogP contribution is 2.44. The second-order valence-electron chi connectivity index (χ2n) is 19.1. The predicted molar refractivity (Wildman–Crippen MR) is 218 cm³/mol. The van der Waals surface area contributed by atoms with Crippen LogP contribution in [0.2, 0.25) is 0 Å². The van der Waals surface area contributed by atoms with Crippen molar-refractivity contribution in [3.05, 3.63) is 12.2 Å². The number of fused-ring (bicyclic) bond motifs is 1. The molecule has 4 aliphatic heterocycles. The number of allylic oxidation sites excluding steroid dienone is 1. The fraction of sp³-hybridized carbons (Fsp3) is 0.930. The van der Waals surface area contributed by atoms with E-state index in [1.807, 2.05) is 0 Å². The van der Waals surface area contributed by atoms with E-state index < -0.39 is 167 Å². The van der Waals surface area contributed by atoms with Crippen molar-refractivity contribution < 1.29 is 114 Å². The highest BCUT2D eigenvalue weighted by molar-refractivity contribution is 5.81. The lowest BCUT2D eigenvalue weighted by Gasteiger charge is -2.50. The van der Waals surface area contributed by atoms with E-state index in [0.717, 1.165) is 0 Å². The van der Waals surface area contributed by atoms with Crippen LogP contribution in [0.5, 0.6) is 0 Å². The number of methoxy groups -OCH3 is 1. The lowest BCUT2D eigenvalue weighted by Crippen LogP contribution is -2.66. The Hall–Kier alpha value is -1.63. The number of aliphatic hydroxyl groups excluding tert-OH is 13. The van der Waals surface area contributed by atoms with E-state index in [1.165, 1.54) is 13.2 Å². The van der Waals surface area contributed by atoms with Crippen molar-refractivity contribution in [3.63, 3.8) is 0 Å². The summed E-state index contributed by atoms with van der Waals surface area (Å²) in [5.41, 5.74) is 0. The molecule has 380 valence electrons. The van der Waals surface area contributed by atoms with Crippen molar-refractivity contribution in [2.45, 2.75) is 205 Å². The van der Waals surface area contributed by atoms with E-state index in [2.05, 4.69) is 0 Å². The highest BCUT2D eigenvalue weighted by Gasteiger charge is 2.57. The summed E-state index contributed by atoms with van der Waals surface area (Å²) in [5, 5.41) is 139. The van der Waals surface area contributed by atoms with Gasteiger partial charge in [0.2, 0.25) is 0 Å². The van der Waals surface area contributed by atoms with Gasteiger partial charge in [0, 0.05) is 31.9 Å². The fourth-order valence-electron chi connectivity index (χ4n) is 10.8. The monoisotopic (exact) mass is 955 g/mol. The third-order valence-electron chi connectivity index (χ3n) is 14.7. The van der Waals surface area contributed by atoms with Gasteiger partial charge in [-0.3, -0.25) is 0 Å². The van der Waals surface area contributed by atoms with Gasteiger partial charge in [0.25, 0.3) is 0 Å². The molecule has 7 rings (SSSR count). The summed E-state index contributed by atoms with van der Waals surface area (Å²) in [5.74, 6) is -1.57. The van der Waals surface area contributed by atoms with Gasteiger partial charge in [-0.05, 0) is 57.3 Å². The third-order valence-corrected chi connectivity index (χ3v) is 14.7. The Balaban J connectivity index is 1.08. The maximum atomic E-state index is 12.7. The summed E-state index contributed by atoms with van der Waals surface area (Å²) >= 11 is 0. The van der Waals surface area contributed by atoms with Crippen LogP contribution in [-0.2, 0) is 42.7 Å². The van der Waals surface area contributed by atoms with E-state index in [-0.39, 0.29) is 37.2 Å². The average molecular weight is 956 g/mol. The Morgan fingerprint density at radius 2 is 1.18 bits per heavy atom. The smallest absolute Gasteiger partial charge is 0.330 e. The molecule has 14 N–H and O–H groups in total. The number of hydrogen-bond donors (Lipinski definition) is 13. The van der Waals surface area contributed by atoms with E-state index in [1.54, 1.807) is 6.08 Å². The van der Waals surface area contributed by atoms with Gasteiger partial charge in [-0.25, -0.2) is 4.79 Å². The Morgan fingerprint density at radius 1 is 0.591 bits per heavy atom. The van der Waals surface area contributed by atoms with Gasteiger partial charge in [-0.15, -0.1) is 0 Å². The highest BCUT2D eigenvalue weighted by atomic mass is 16.8. The molecule has 0 amide bonds. The topological polar surface area (TPSA) is 367 Å². The number of esters is 1. The molecule has 0 aromatic carbocycles. The van der Waals surface area contributed by atoms with Crippen molar-refractivity contribution in [3.8, 4) is 0 Å². The molecule has 0 aromatic heterocycles. The summed E-state index contributed by atoms with van der Waals surface area (Å²) < 4.78 is 52.3. The number of carbonyl (C=O) groups is 1. The molecule has 66 heavy (non-hydrogen) atoms. The van der Waals surface area contributed by atoms with Gasteiger partial charge in [0.1, 0.15) is 86.0 Å². The molecule has 0 bridgehead atoms. The standard InChI is InChI=1S/C43H70O23/c1-58-25-10-17(2-8-22(25)48)3-9-30(49)59-16-29-33(52)35(54)38(57)42(65-29)66-40-36(55)32(51)28(15-45)64-43(40)62-26-13-21-23(60-39(26)18-4-6-19(46)7-5-18)11-20(47)12-24(21)61-41-37(56)34(53)31(50)27(14-44)63-41/h3,9,17-29,31-48,50-57H,2,4-8,10-16H2,1H3/p+1. The van der Waals surface area contributed by atoms with Crippen LogP contribution in [0, 0.1) is 17.8 Å². The van der Waals surface area contributed by atoms with Crippen LogP contribution < -0.4 is 0 Å². The zero-order chi connectivity index (χ0) is 47.6. The molecule has 23 nitrogen and oxygen atoms in total. The van der Waals surface area contributed by atoms with Gasteiger partial charge in [0.15, 0.2) is 31.1 Å². The quantitative estimate of drug-likeness (QED) is 0.0439. The van der Waals surface area contributed by atoms with Gasteiger partial charge in [-0.1, -0.05) is 6.08 Å². The first-order chi connectivity index (χ1) is 31.5. The predicted octanol–water partition coefficient (Wildman–Crippen LogP) is -5.55. The lowest BCUT2D eigenvalue weighted by molar-refractivity contribution is -0.389. The molecule has 4 saturated heterocycles. The van der Waals surface area contributed by atoms with Crippen LogP contribution in [0.1, 0.15) is 64.2 Å². The molecule has 0 radical (unpaired) electrons. The molecule has 7 aliphatic rings. The summed E-state index contributed by atoms with van der Waals surface area (Å²) in [4.78, 5) is 12.7. The third kappa shape index (κ3) is 11.8. The Bertz CT molecular complexity index is 1550. The van der Waals surface area contributed by atoms with E-state index in [9.17, 15) is 71.2 Å². The SMILES string of the molecule is COC1CC(C=CC(=O)OCC2OC(OC3C(OC4CC5C(OC6OC(CO)C(O)C(O)C6O)CC(O)CC5[OH+]C4C4CCC(O)CC4)OC(CO)C(O)C3O)C(O)C(O)C2O)CCC1O. The summed E-state index contributed by atoms with van der Waals surface area (Å²) in [6.45, 7) is -2.07. The molecule has 3 aliphatic carbocycles. The van der Waals surface area contributed by atoms with Gasteiger partial charge in [-0.2, -0.15) is 0 Å². The van der Waals surface area contributed by atoms with Gasteiger partial charge < -0.3 is 109 Å². The number of ether oxygens (including phenoxy) is 9. The lowest BCUT2D eigenvalue weighted by atomic mass is 9.73. The van der Waals surface area contributed by atoms with Crippen molar-refractivity contribution in [1.29, 1.82) is 0 Å². The molecule has 0 aromatic rings. The van der Waals surface area contributed by atoms with Crippen LogP contribution in [0.4, 0.5) is 0 Å². The first-order valence-corrected chi connectivity index (χ1v) is 23.2. The normalized spacial score (nSPS) is 50.5. The van der Waals surface area contributed by atoms with Gasteiger partial charge >= 0.3 is 5.97 Å². The average Bonchev–Trinajstić information content (AvgIpc) is 3.30. The second-order valence-corrected chi connectivity index (χ2v) is 19.1. The van der Waals surface area contributed by atoms with Crippen LogP contribution in [0.3, 0.4) is 0 Å². The van der Waals surface area contributed by atoms with Crippen molar-refractivity contribution in [2.75, 3.05) is 26.9 Å². The van der Waals surface area contributed by atoms with Crippen molar-refractivity contribution in [2.24, 2.45) is 17.8 Å². The minimum absolute atomic E-state index is 0.0417. The van der Waals surface area contributed by atoms with Crippen LogP contribution in [0.15, 0.2) is 12.2 Å². The maximum absolute atomic E-state index is 12.7. The Kier molecular flexibility index (Phi) is 18.2. The zero-order valence-electron chi connectivity index (χ0n) is 36.8. The minimum atomic E-state index is -1.95. The summed E-state index contributed by atoms with van der Waals surface area (Å²) in [6.07, 6.45) is -23.7. The second kappa shape index (κ2) is 23.1.